The maximum absolute atomic E-state index is 11.3. The summed E-state index contributed by atoms with van der Waals surface area (Å²) in [6.07, 6.45) is 4.85. The van der Waals surface area contributed by atoms with Gasteiger partial charge in [-0.25, -0.2) is 0 Å². The SMILES string of the molecule is CCN1CCCC(NC2CCS(=O)CC2)C1. The average Bonchev–Trinajstić information content (AvgIpc) is 2.32. The summed E-state index contributed by atoms with van der Waals surface area (Å²) in [5.74, 6) is 1.81. The van der Waals surface area contributed by atoms with Gasteiger partial charge in [0.1, 0.15) is 0 Å². The van der Waals surface area contributed by atoms with Gasteiger partial charge in [0.05, 0.1) is 0 Å². The maximum atomic E-state index is 11.3. The number of likely N-dealkylation sites (tertiary alicyclic amines) is 1. The molecule has 0 bridgehead atoms. The Hall–Kier alpha value is 0.0700. The molecule has 2 fully saturated rings. The second-order valence-corrected chi connectivity index (χ2v) is 6.72. The van der Waals surface area contributed by atoms with E-state index in [1.807, 2.05) is 0 Å². The van der Waals surface area contributed by atoms with Crippen LogP contribution in [0.3, 0.4) is 0 Å². The van der Waals surface area contributed by atoms with Gasteiger partial charge in [0, 0.05) is 40.9 Å². The van der Waals surface area contributed by atoms with Crippen molar-refractivity contribution in [1.82, 2.24) is 10.2 Å². The molecule has 0 amide bonds. The number of likely N-dealkylation sites (N-methyl/N-ethyl adjacent to an activating group) is 1. The summed E-state index contributed by atoms with van der Waals surface area (Å²) < 4.78 is 11.3. The predicted octanol–water partition coefficient (Wildman–Crippen LogP) is 0.971. The Balaban J connectivity index is 1.74. The third kappa shape index (κ3) is 3.54. The van der Waals surface area contributed by atoms with Crippen molar-refractivity contribution in [2.75, 3.05) is 31.1 Å². The normalized spacial score (nSPS) is 37.4. The second-order valence-electron chi connectivity index (χ2n) is 5.02. The van der Waals surface area contributed by atoms with Crippen molar-refractivity contribution in [1.29, 1.82) is 0 Å². The third-order valence-corrected chi connectivity index (χ3v) is 5.19. The van der Waals surface area contributed by atoms with Crippen molar-refractivity contribution in [3.63, 3.8) is 0 Å². The molecule has 2 aliphatic rings. The van der Waals surface area contributed by atoms with Crippen LogP contribution in [-0.4, -0.2) is 52.3 Å². The van der Waals surface area contributed by atoms with Gasteiger partial charge in [-0.1, -0.05) is 6.92 Å². The quantitative estimate of drug-likeness (QED) is 0.803. The smallest absolute Gasteiger partial charge is 0.0249 e. The first kappa shape index (κ1) is 12.5. The zero-order chi connectivity index (χ0) is 11.4. The summed E-state index contributed by atoms with van der Waals surface area (Å²) in [6.45, 7) is 5.89. The highest BCUT2D eigenvalue weighted by atomic mass is 32.2. The van der Waals surface area contributed by atoms with Gasteiger partial charge >= 0.3 is 0 Å². The van der Waals surface area contributed by atoms with E-state index in [-0.39, 0.29) is 0 Å². The van der Waals surface area contributed by atoms with Crippen LogP contribution in [-0.2, 0) is 10.8 Å². The lowest BCUT2D eigenvalue weighted by atomic mass is 10.0. The second kappa shape index (κ2) is 6.12. The van der Waals surface area contributed by atoms with Gasteiger partial charge in [0.25, 0.3) is 0 Å². The number of hydrogen-bond donors (Lipinski definition) is 1. The molecule has 0 aromatic carbocycles. The van der Waals surface area contributed by atoms with Crippen molar-refractivity contribution >= 4 is 10.8 Å². The summed E-state index contributed by atoms with van der Waals surface area (Å²) in [7, 11) is -0.526. The van der Waals surface area contributed by atoms with E-state index in [1.165, 1.54) is 32.5 Å². The fourth-order valence-electron chi connectivity index (χ4n) is 2.77. The highest BCUT2D eigenvalue weighted by Crippen LogP contribution is 2.14. The van der Waals surface area contributed by atoms with Crippen molar-refractivity contribution in [2.45, 2.75) is 44.7 Å². The van der Waals surface area contributed by atoms with Crippen LogP contribution in [0.5, 0.6) is 0 Å². The molecular weight excluding hydrogens is 220 g/mol. The summed E-state index contributed by atoms with van der Waals surface area (Å²) >= 11 is 0. The first-order valence-corrected chi connectivity index (χ1v) is 8.10. The largest absolute Gasteiger partial charge is 0.310 e. The zero-order valence-electron chi connectivity index (χ0n) is 10.3. The van der Waals surface area contributed by atoms with Gasteiger partial charge in [-0.05, 0) is 38.8 Å². The molecule has 2 aliphatic heterocycles. The minimum absolute atomic E-state index is 0.526. The van der Waals surface area contributed by atoms with Crippen LogP contribution < -0.4 is 5.32 Å². The molecule has 4 heteroatoms. The van der Waals surface area contributed by atoms with E-state index in [2.05, 4.69) is 17.1 Å². The highest BCUT2D eigenvalue weighted by Gasteiger charge is 2.23. The Morgan fingerprint density at radius 2 is 2.00 bits per heavy atom. The van der Waals surface area contributed by atoms with Gasteiger partial charge in [-0.3, -0.25) is 4.21 Å². The van der Waals surface area contributed by atoms with Crippen LogP contribution in [0.15, 0.2) is 0 Å². The van der Waals surface area contributed by atoms with E-state index in [1.54, 1.807) is 0 Å². The van der Waals surface area contributed by atoms with Crippen molar-refractivity contribution in [2.24, 2.45) is 0 Å². The van der Waals surface area contributed by atoms with E-state index < -0.39 is 10.8 Å². The fraction of sp³-hybridized carbons (Fsp3) is 1.00. The van der Waals surface area contributed by atoms with E-state index in [4.69, 9.17) is 0 Å². The molecular formula is C12H24N2OS. The Morgan fingerprint density at radius 1 is 1.25 bits per heavy atom. The van der Waals surface area contributed by atoms with E-state index >= 15 is 0 Å². The van der Waals surface area contributed by atoms with E-state index in [9.17, 15) is 4.21 Å². The summed E-state index contributed by atoms with van der Waals surface area (Å²) in [4.78, 5) is 2.53. The Bertz CT molecular complexity index is 237. The van der Waals surface area contributed by atoms with Crippen molar-refractivity contribution in [3.05, 3.63) is 0 Å². The number of nitrogens with zero attached hydrogens (tertiary/aromatic N) is 1. The minimum atomic E-state index is -0.526. The van der Waals surface area contributed by atoms with Gasteiger partial charge in [0.15, 0.2) is 0 Å². The first-order chi connectivity index (χ1) is 7.78. The molecule has 16 heavy (non-hydrogen) atoms. The first-order valence-electron chi connectivity index (χ1n) is 6.61. The molecule has 0 aromatic heterocycles. The lowest BCUT2D eigenvalue weighted by Crippen LogP contribution is -2.50. The average molecular weight is 244 g/mol. The molecule has 1 N–H and O–H groups in total. The molecule has 0 saturated carbocycles. The molecule has 2 heterocycles. The molecule has 2 saturated heterocycles. The highest BCUT2D eigenvalue weighted by molar-refractivity contribution is 7.85. The molecule has 94 valence electrons. The molecule has 1 unspecified atom stereocenters. The van der Waals surface area contributed by atoms with Crippen LogP contribution in [0.1, 0.15) is 32.6 Å². The van der Waals surface area contributed by atoms with Crippen LogP contribution in [0, 0.1) is 0 Å². The maximum Gasteiger partial charge on any atom is 0.0249 e. The standard InChI is InChI=1S/C12H24N2OS/c1-2-14-7-3-4-12(10-14)13-11-5-8-16(15)9-6-11/h11-13H,2-10H2,1H3. The number of rotatable bonds is 3. The lowest BCUT2D eigenvalue weighted by Gasteiger charge is -2.35. The van der Waals surface area contributed by atoms with Gasteiger partial charge < -0.3 is 10.2 Å². The molecule has 0 radical (unpaired) electrons. The number of hydrogen-bond acceptors (Lipinski definition) is 3. The van der Waals surface area contributed by atoms with Crippen LogP contribution in [0.25, 0.3) is 0 Å². The van der Waals surface area contributed by atoms with E-state index in [0.29, 0.717) is 12.1 Å². The van der Waals surface area contributed by atoms with E-state index in [0.717, 1.165) is 24.3 Å². The minimum Gasteiger partial charge on any atom is -0.310 e. The number of nitrogens with one attached hydrogen (secondary N) is 1. The molecule has 0 aromatic rings. The van der Waals surface area contributed by atoms with Gasteiger partial charge in [-0.2, -0.15) is 0 Å². The Kier molecular flexibility index (Phi) is 4.79. The summed E-state index contributed by atoms with van der Waals surface area (Å²) in [5, 5.41) is 3.77. The Labute approximate surface area is 101 Å². The third-order valence-electron chi connectivity index (χ3n) is 3.81. The lowest BCUT2D eigenvalue weighted by molar-refractivity contribution is 0.188. The molecule has 2 rings (SSSR count). The molecule has 3 nitrogen and oxygen atoms in total. The number of piperidine rings is 1. The zero-order valence-corrected chi connectivity index (χ0v) is 11.1. The van der Waals surface area contributed by atoms with Crippen molar-refractivity contribution in [3.8, 4) is 0 Å². The summed E-state index contributed by atoms with van der Waals surface area (Å²) in [5.41, 5.74) is 0. The predicted molar refractivity (Wildman–Crippen MR) is 69.2 cm³/mol. The fourth-order valence-corrected chi connectivity index (χ4v) is 4.07. The topological polar surface area (TPSA) is 32.3 Å². The summed E-state index contributed by atoms with van der Waals surface area (Å²) in [6, 6.07) is 1.30. The van der Waals surface area contributed by atoms with Crippen LogP contribution in [0.4, 0.5) is 0 Å². The van der Waals surface area contributed by atoms with Gasteiger partial charge in [-0.15, -0.1) is 0 Å². The van der Waals surface area contributed by atoms with Crippen LogP contribution in [0.2, 0.25) is 0 Å². The van der Waals surface area contributed by atoms with Crippen molar-refractivity contribution < 1.29 is 4.21 Å². The molecule has 1 atom stereocenters. The molecule has 0 spiro atoms. The van der Waals surface area contributed by atoms with Crippen LogP contribution >= 0.6 is 0 Å². The Morgan fingerprint density at radius 3 is 2.69 bits per heavy atom. The molecule has 0 aliphatic carbocycles. The monoisotopic (exact) mass is 244 g/mol. The van der Waals surface area contributed by atoms with Gasteiger partial charge in [0.2, 0.25) is 0 Å².